The van der Waals surface area contributed by atoms with Crippen LogP contribution in [0.15, 0.2) is 0 Å². The molecule has 0 aromatic heterocycles. The lowest BCUT2D eigenvalue weighted by Gasteiger charge is -2.40. The molecule has 1 aliphatic rings. The minimum atomic E-state index is -4.06. The molecule has 1 aliphatic heterocycles. The molecule has 2 N–H and O–H groups in total. The van der Waals surface area contributed by atoms with Gasteiger partial charge >= 0.3 is 6.18 Å². The second-order valence-corrected chi connectivity index (χ2v) is 6.55. The molecule has 0 aromatic carbocycles. The Morgan fingerprint density at radius 3 is 2.29 bits per heavy atom. The van der Waals surface area contributed by atoms with Gasteiger partial charge in [-0.2, -0.15) is 13.2 Å². The number of nitrogens with one attached hydrogen (secondary N) is 1. The normalized spacial score (nSPS) is 23.0. The van der Waals surface area contributed by atoms with Crippen LogP contribution in [0.3, 0.4) is 0 Å². The van der Waals surface area contributed by atoms with E-state index in [2.05, 4.69) is 17.1 Å². The molecule has 0 saturated carbocycles. The van der Waals surface area contributed by atoms with Crippen LogP contribution in [0.4, 0.5) is 13.2 Å². The van der Waals surface area contributed by atoms with Gasteiger partial charge in [0, 0.05) is 11.6 Å². The summed E-state index contributed by atoms with van der Waals surface area (Å²) in [4.78, 5) is 2.11. The van der Waals surface area contributed by atoms with Gasteiger partial charge in [0.05, 0.1) is 12.5 Å². The first-order valence-corrected chi connectivity index (χ1v) is 7.88. The smallest absolute Gasteiger partial charge is 0.391 e. The second kappa shape index (κ2) is 7.79. The molecule has 21 heavy (non-hydrogen) atoms. The van der Waals surface area contributed by atoms with Gasteiger partial charge in [0.2, 0.25) is 0 Å². The lowest BCUT2D eigenvalue weighted by molar-refractivity contribution is -0.186. The average Bonchev–Trinajstić information content (AvgIpc) is 2.44. The number of aliphatic hydroxyl groups is 1. The van der Waals surface area contributed by atoms with E-state index in [4.69, 9.17) is 0 Å². The molecule has 0 spiro atoms. The van der Waals surface area contributed by atoms with Crippen LogP contribution in [0.2, 0.25) is 0 Å². The van der Waals surface area contributed by atoms with Crippen molar-refractivity contribution in [2.75, 3.05) is 26.2 Å². The van der Waals surface area contributed by atoms with Gasteiger partial charge in [-0.1, -0.05) is 6.92 Å². The van der Waals surface area contributed by atoms with E-state index in [0.717, 1.165) is 19.4 Å². The van der Waals surface area contributed by atoms with Crippen molar-refractivity contribution in [1.29, 1.82) is 0 Å². The maximum Gasteiger partial charge on any atom is 0.391 e. The van der Waals surface area contributed by atoms with Gasteiger partial charge in [0.15, 0.2) is 0 Å². The summed E-state index contributed by atoms with van der Waals surface area (Å²) < 4.78 is 38.0. The summed E-state index contributed by atoms with van der Waals surface area (Å²) in [5.74, 6) is -1.15. The number of halogens is 3. The van der Waals surface area contributed by atoms with E-state index in [-0.39, 0.29) is 31.0 Å². The number of hydrogen-bond acceptors (Lipinski definition) is 3. The van der Waals surface area contributed by atoms with Crippen molar-refractivity contribution in [2.24, 2.45) is 5.92 Å². The van der Waals surface area contributed by atoms with Crippen molar-refractivity contribution in [3.8, 4) is 0 Å². The molecule has 126 valence electrons. The summed E-state index contributed by atoms with van der Waals surface area (Å²) in [6, 6.07) is 0.167. The van der Waals surface area contributed by atoms with E-state index in [1.165, 1.54) is 0 Å². The van der Waals surface area contributed by atoms with Crippen LogP contribution in [0.25, 0.3) is 0 Å². The van der Waals surface area contributed by atoms with Gasteiger partial charge < -0.3 is 15.3 Å². The van der Waals surface area contributed by atoms with Crippen molar-refractivity contribution in [2.45, 2.75) is 64.2 Å². The van der Waals surface area contributed by atoms with E-state index in [1.54, 1.807) is 0 Å². The molecule has 0 aliphatic carbocycles. The number of alkyl halides is 3. The topological polar surface area (TPSA) is 35.5 Å². The molecule has 0 amide bonds. The molecule has 1 fully saturated rings. The fourth-order valence-corrected chi connectivity index (χ4v) is 3.07. The summed E-state index contributed by atoms with van der Waals surface area (Å²) in [6.07, 6.45) is -1.96. The van der Waals surface area contributed by atoms with Crippen LogP contribution in [0, 0.1) is 5.92 Å². The lowest BCUT2D eigenvalue weighted by atomic mass is 9.90. The van der Waals surface area contributed by atoms with Gasteiger partial charge in [-0.25, -0.2) is 0 Å². The fourth-order valence-electron chi connectivity index (χ4n) is 3.07. The van der Waals surface area contributed by atoms with Gasteiger partial charge in [-0.3, -0.25) is 0 Å². The summed E-state index contributed by atoms with van der Waals surface area (Å²) in [6.45, 7) is 7.92. The van der Waals surface area contributed by atoms with Crippen LogP contribution < -0.4 is 5.32 Å². The van der Waals surface area contributed by atoms with Crippen molar-refractivity contribution >= 4 is 0 Å². The standard InChI is InChI=1S/C15H29F3N2O/c1-4-7-19-14(3,11-21)10-12(2)20-8-5-13(6-9-20)15(16,17)18/h12-13,19,21H,4-11H2,1-3H3. The Morgan fingerprint density at radius 2 is 1.86 bits per heavy atom. The van der Waals surface area contributed by atoms with Crippen LogP contribution in [-0.2, 0) is 0 Å². The van der Waals surface area contributed by atoms with Gasteiger partial charge in [-0.05, 0) is 59.2 Å². The van der Waals surface area contributed by atoms with Crippen LogP contribution >= 0.6 is 0 Å². The molecular weight excluding hydrogens is 281 g/mol. The minimum absolute atomic E-state index is 0.0381. The molecule has 1 rings (SSSR count). The molecule has 0 aromatic rings. The van der Waals surface area contributed by atoms with Crippen molar-refractivity contribution in [3.63, 3.8) is 0 Å². The molecule has 2 atom stereocenters. The Balaban J connectivity index is 2.48. The van der Waals surface area contributed by atoms with E-state index in [0.29, 0.717) is 13.1 Å². The number of aliphatic hydroxyl groups excluding tert-OH is 1. The molecule has 1 heterocycles. The van der Waals surface area contributed by atoms with E-state index in [9.17, 15) is 18.3 Å². The third-order valence-corrected chi connectivity index (χ3v) is 4.51. The molecule has 1 saturated heterocycles. The average molecular weight is 310 g/mol. The van der Waals surface area contributed by atoms with E-state index in [1.807, 2.05) is 13.8 Å². The molecule has 3 nitrogen and oxygen atoms in total. The van der Waals surface area contributed by atoms with Crippen LogP contribution in [-0.4, -0.2) is 54.0 Å². The Labute approximate surface area is 125 Å². The number of nitrogens with zero attached hydrogens (tertiary/aromatic N) is 1. The largest absolute Gasteiger partial charge is 0.394 e. The zero-order chi connectivity index (χ0) is 16.1. The van der Waals surface area contributed by atoms with Crippen LogP contribution in [0.5, 0.6) is 0 Å². The van der Waals surface area contributed by atoms with Crippen molar-refractivity contribution in [3.05, 3.63) is 0 Å². The molecule has 0 bridgehead atoms. The highest BCUT2D eigenvalue weighted by molar-refractivity contribution is 4.89. The molecule has 0 radical (unpaired) electrons. The number of likely N-dealkylation sites (tertiary alicyclic amines) is 1. The van der Waals surface area contributed by atoms with E-state index < -0.39 is 12.1 Å². The molecular formula is C15H29F3N2O. The van der Waals surface area contributed by atoms with Gasteiger partial charge in [0.25, 0.3) is 0 Å². The quantitative estimate of drug-likeness (QED) is 0.759. The number of rotatable bonds is 7. The first kappa shape index (κ1) is 18.7. The Morgan fingerprint density at radius 1 is 1.29 bits per heavy atom. The highest BCUT2D eigenvalue weighted by Gasteiger charge is 2.42. The third kappa shape index (κ3) is 5.75. The lowest BCUT2D eigenvalue weighted by Crippen LogP contribution is -2.52. The third-order valence-electron chi connectivity index (χ3n) is 4.51. The number of hydrogen-bond donors (Lipinski definition) is 2. The summed E-state index contributed by atoms with van der Waals surface area (Å²) >= 11 is 0. The Kier molecular flexibility index (Phi) is 6.94. The maximum atomic E-state index is 12.7. The molecule has 6 heteroatoms. The summed E-state index contributed by atoms with van der Waals surface area (Å²) in [7, 11) is 0. The van der Waals surface area contributed by atoms with Gasteiger partial charge in [0.1, 0.15) is 0 Å². The maximum absolute atomic E-state index is 12.7. The van der Waals surface area contributed by atoms with E-state index >= 15 is 0 Å². The summed E-state index contributed by atoms with van der Waals surface area (Å²) in [5.41, 5.74) is -0.365. The predicted octanol–water partition coefficient (Wildman–Crippen LogP) is 2.79. The highest BCUT2D eigenvalue weighted by Crippen LogP contribution is 2.35. The second-order valence-electron chi connectivity index (χ2n) is 6.55. The van der Waals surface area contributed by atoms with Crippen molar-refractivity contribution in [1.82, 2.24) is 10.2 Å². The monoisotopic (exact) mass is 310 g/mol. The Hall–Kier alpha value is -0.330. The number of piperidine rings is 1. The predicted molar refractivity (Wildman–Crippen MR) is 78.2 cm³/mol. The zero-order valence-corrected chi connectivity index (χ0v) is 13.3. The first-order chi connectivity index (χ1) is 9.72. The highest BCUT2D eigenvalue weighted by atomic mass is 19.4. The van der Waals surface area contributed by atoms with Gasteiger partial charge in [-0.15, -0.1) is 0 Å². The molecule has 2 unspecified atom stereocenters. The Bertz CT molecular complexity index is 304. The summed E-state index contributed by atoms with van der Waals surface area (Å²) in [5, 5.41) is 12.9. The van der Waals surface area contributed by atoms with Crippen molar-refractivity contribution < 1.29 is 18.3 Å². The minimum Gasteiger partial charge on any atom is -0.394 e. The fraction of sp³-hybridized carbons (Fsp3) is 1.00. The first-order valence-electron chi connectivity index (χ1n) is 7.88. The van der Waals surface area contributed by atoms with Crippen LogP contribution in [0.1, 0.15) is 46.5 Å². The zero-order valence-electron chi connectivity index (χ0n) is 13.3. The SMILES string of the molecule is CCCNC(C)(CO)CC(C)N1CCC(C(F)(F)F)CC1.